The fourth-order valence-electron chi connectivity index (χ4n) is 3.12. The molecule has 1 aliphatic heterocycles. The number of halogens is 1. The fourth-order valence-corrected chi connectivity index (χ4v) is 4.61. The number of carbonyl (C=O) groups excluding carboxylic acids is 2. The molecule has 1 unspecified atom stereocenters. The average molecular weight is 521 g/mol. The summed E-state index contributed by atoms with van der Waals surface area (Å²) in [4.78, 5) is 36.9. The largest absolute Gasteiger partial charge is 0.490 e. The van der Waals surface area contributed by atoms with Crippen LogP contribution in [0.15, 0.2) is 47.4 Å². The third kappa shape index (κ3) is 6.28. The second-order valence-electron chi connectivity index (χ2n) is 7.13. The van der Waals surface area contributed by atoms with Crippen LogP contribution < -0.4 is 15.2 Å². The van der Waals surface area contributed by atoms with Gasteiger partial charge < -0.3 is 20.3 Å². The maximum absolute atomic E-state index is 12.9. The van der Waals surface area contributed by atoms with Crippen molar-refractivity contribution in [2.24, 2.45) is 5.73 Å². The lowest BCUT2D eigenvalue weighted by Crippen LogP contribution is -2.46. The molecule has 1 heterocycles. The summed E-state index contributed by atoms with van der Waals surface area (Å²) in [6.07, 6.45) is 1.04. The van der Waals surface area contributed by atoms with Gasteiger partial charge in [-0.2, -0.15) is 0 Å². The molecule has 0 saturated carbocycles. The van der Waals surface area contributed by atoms with Crippen LogP contribution in [0, 0.1) is 0 Å². The van der Waals surface area contributed by atoms with Crippen LogP contribution >= 0.6 is 35.6 Å². The number of hydrogen-bond donors (Lipinski definition) is 2. The number of thioether (sulfide) groups is 1. The highest BCUT2D eigenvalue weighted by Gasteiger charge is 2.41. The van der Waals surface area contributed by atoms with Crippen LogP contribution in [-0.2, 0) is 21.0 Å². The van der Waals surface area contributed by atoms with Gasteiger partial charge in [-0.15, -0.1) is 0 Å². The van der Waals surface area contributed by atoms with Crippen molar-refractivity contribution < 1.29 is 29.0 Å². The predicted molar refractivity (Wildman–Crippen MR) is 134 cm³/mol. The maximum Gasteiger partial charge on any atom is 0.327 e. The van der Waals surface area contributed by atoms with Crippen LogP contribution in [0.4, 0.5) is 0 Å². The Kier molecular flexibility index (Phi) is 8.54. The normalized spacial score (nSPS) is 15.5. The SMILES string of the molecule is CCOc1cc(/C=C2\SC(=S)N(C(CC(N)=O)C(=O)O)C2=O)ccc1OCc1ccc(Cl)cc1. The van der Waals surface area contributed by atoms with E-state index in [1.54, 1.807) is 36.4 Å². The molecule has 1 saturated heterocycles. The minimum Gasteiger partial charge on any atom is -0.490 e. The van der Waals surface area contributed by atoms with E-state index in [4.69, 9.17) is 39.0 Å². The van der Waals surface area contributed by atoms with Crippen LogP contribution in [0.2, 0.25) is 5.02 Å². The van der Waals surface area contributed by atoms with Gasteiger partial charge in [-0.1, -0.05) is 53.8 Å². The van der Waals surface area contributed by atoms with Gasteiger partial charge in [-0.25, -0.2) is 4.79 Å². The van der Waals surface area contributed by atoms with Gasteiger partial charge in [0.15, 0.2) is 11.5 Å². The van der Waals surface area contributed by atoms with Gasteiger partial charge in [0.25, 0.3) is 5.91 Å². The number of carboxylic acid groups (broad SMARTS) is 1. The number of ether oxygens (including phenoxy) is 2. The molecule has 1 atom stereocenters. The number of aliphatic carboxylic acids is 1. The minimum absolute atomic E-state index is 0.0397. The van der Waals surface area contributed by atoms with Crippen molar-refractivity contribution in [1.29, 1.82) is 0 Å². The Morgan fingerprint density at radius 2 is 1.91 bits per heavy atom. The highest BCUT2D eigenvalue weighted by Crippen LogP contribution is 2.36. The molecule has 178 valence electrons. The Morgan fingerprint density at radius 1 is 1.21 bits per heavy atom. The van der Waals surface area contributed by atoms with Gasteiger partial charge in [-0.3, -0.25) is 14.5 Å². The van der Waals surface area contributed by atoms with Gasteiger partial charge in [0.1, 0.15) is 17.0 Å². The first kappa shape index (κ1) is 25.5. The number of hydrogen-bond acceptors (Lipinski definition) is 7. The summed E-state index contributed by atoms with van der Waals surface area (Å²) in [7, 11) is 0. The van der Waals surface area contributed by atoms with Crippen molar-refractivity contribution in [3.63, 3.8) is 0 Å². The molecule has 2 amide bonds. The van der Waals surface area contributed by atoms with Crippen LogP contribution in [0.3, 0.4) is 0 Å². The van der Waals surface area contributed by atoms with Crippen LogP contribution in [0.5, 0.6) is 11.5 Å². The van der Waals surface area contributed by atoms with Crippen LogP contribution in [0.25, 0.3) is 6.08 Å². The Hall–Kier alpha value is -3.08. The number of nitrogens with zero attached hydrogens (tertiary/aromatic N) is 1. The molecule has 0 radical (unpaired) electrons. The zero-order valence-electron chi connectivity index (χ0n) is 18.0. The first-order chi connectivity index (χ1) is 16.2. The van der Waals surface area contributed by atoms with Crippen molar-refractivity contribution >= 4 is 63.8 Å². The smallest absolute Gasteiger partial charge is 0.327 e. The molecule has 0 bridgehead atoms. The summed E-state index contributed by atoms with van der Waals surface area (Å²) in [5.74, 6) is -1.81. The number of rotatable bonds is 10. The topological polar surface area (TPSA) is 119 Å². The lowest BCUT2D eigenvalue weighted by Gasteiger charge is -2.21. The summed E-state index contributed by atoms with van der Waals surface area (Å²) < 4.78 is 11.6. The zero-order chi connectivity index (χ0) is 24.8. The van der Waals surface area contributed by atoms with Crippen molar-refractivity contribution in [1.82, 2.24) is 4.90 Å². The second kappa shape index (κ2) is 11.4. The van der Waals surface area contributed by atoms with E-state index in [1.807, 2.05) is 19.1 Å². The van der Waals surface area contributed by atoms with E-state index >= 15 is 0 Å². The summed E-state index contributed by atoms with van der Waals surface area (Å²) >= 11 is 12.1. The number of nitrogens with two attached hydrogens (primary N) is 1. The number of amides is 2. The molecule has 0 spiro atoms. The standard InChI is InChI=1S/C23H21ClN2O6S2/c1-2-31-18-9-14(5-8-17(18)32-12-13-3-6-15(24)7-4-13)10-19-21(28)26(23(33)34-19)16(22(29)30)11-20(25)27/h3-10,16H,2,11-12H2,1H3,(H2,25,27)(H,29,30)/b19-10-. The second-order valence-corrected chi connectivity index (χ2v) is 9.24. The monoisotopic (exact) mass is 520 g/mol. The third-order valence-electron chi connectivity index (χ3n) is 4.69. The number of primary amides is 1. The molecule has 1 aliphatic rings. The van der Waals surface area contributed by atoms with Crippen LogP contribution in [0.1, 0.15) is 24.5 Å². The van der Waals surface area contributed by atoms with Gasteiger partial charge in [0.2, 0.25) is 5.91 Å². The number of benzene rings is 2. The molecule has 2 aromatic carbocycles. The van der Waals surface area contributed by atoms with E-state index in [0.29, 0.717) is 35.3 Å². The Bertz CT molecular complexity index is 1150. The maximum atomic E-state index is 12.9. The third-order valence-corrected chi connectivity index (χ3v) is 6.27. The van der Waals surface area contributed by atoms with E-state index in [2.05, 4.69) is 0 Å². The van der Waals surface area contributed by atoms with Gasteiger partial charge >= 0.3 is 5.97 Å². The Morgan fingerprint density at radius 3 is 2.53 bits per heavy atom. The molecule has 0 aliphatic carbocycles. The molecule has 0 aromatic heterocycles. The molecule has 11 heteroatoms. The molecule has 2 aromatic rings. The predicted octanol–water partition coefficient (Wildman–Crippen LogP) is 3.85. The average Bonchev–Trinajstić information content (AvgIpc) is 3.05. The van der Waals surface area contributed by atoms with E-state index in [0.717, 1.165) is 22.2 Å². The summed E-state index contributed by atoms with van der Waals surface area (Å²) in [6.45, 7) is 2.55. The van der Waals surface area contributed by atoms with Crippen molar-refractivity contribution in [2.45, 2.75) is 26.0 Å². The van der Waals surface area contributed by atoms with Gasteiger partial charge in [0, 0.05) is 5.02 Å². The Labute approximate surface area is 210 Å². The number of carbonyl (C=O) groups is 3. The Balaban J connectivity index is 1.81. The van der Waals surface area contributed by atoms with Crippen molar-refractivity contribution in [2.75, 3.05) is 6.61 Å². The summed E-state index contributed by atoms with van der Waals surface area (Å²) in [6, 6.07) is 11.0. The minimum atomic E-state index is -1.46. The molecular weight excluding hydrogens is 500 g/mol. The van der Waals surface area contributed by atoms with Crippen molar-refractivity contribution in [3.8, 4) is 11.5 Å². The summed E-state index contributed by atoms with van der Waals surface area (Å²) in [5.41, 5.74) is 6.70. The number of thiocarbonyl (C=S) groups is 1. The van der Waals surface area contributed by atoms with Crippen LogP contribution in [-0.4, -0.2) is 44.8 Å². The highest BCUT2D eigenvalue weighted by molar-refractivity contribution is 8.26. The molecule has 3 rings (SSSR count). The summed E-state index contributed by atoms with van der Waals surface area (Å²) in [5, 5.41) is 10.1. The van der Waals surface area contributed by atoms with Gasteiger partial charge in [0.05, 0.1) is 17.9 Å². The molecule has 3 N–H and O–H groups in total. The zero-order valence-corrected chi connectivity index (χ0v) is 20.4. The lowest BCUT2D eigenvalue weighted by molar-refractivity contribution is -0.146. The van der Waals surface area contributed by atoms with E-state index < -0.39 is 30.2 Å². The highest BCUT2D eigenvalue weighted by atomic mass is 35.5. The molecular formula is C23H21ClN2O6S2. The van der Waals surface area contributed by atoms with Crippen molar-refractivity contribution in [3.05, 3.63) is 63.5 Å². The van der Waals surface area contributed by atoms with E-state index in [-0.39, 0.29) is 9.23 Å². The fraction of sp³-hybridized carbons (Fsp3) is 0.217. The first-order valence-electron chi connectivity index (χ1n) is 10.1. The van der Waals surface area contributed by atoms with Gasteiger partial charge in [-0.05, 0) is 48.4 Å². The lowest BCUT2D eigenvalue weighted by atomic mass is 10.1. The van der Waals surface area contributed by atoms with E-state index in [1.165, 1.54) is 0 Å². The molecule has 1 fully saturated rings. The first-order valence-corrected chi connectivity index (χ1v) is 11.7. The number of carboxylic acids is 1. The molecule has 8 nitrogen and oxygen atoms in total. The molecule has 34 heavy (non-hydrogen) atoms. The van der Waals surface area contributed by atoms with E-state index in [9.17, 15) is 19.5 Å². The quantitative estimate of drug-likeness (QED) is 0.358.